The highest BCUT2D eigenvalue weighted by atomic mass is 16.3. The van der Waals surface area contributed by atoms with Crippen LogP contribution in [-0.2, 0) is 6.42 Å². The highest BCUT2D eigenvalue weighted by molar-refractivity contribution is 5.58. The Labute approximate surface area is 153 Å². The van der Waals surface area contributed by atoms with Gasteiger partial charge in [-0.1, -0.05) is 6.92 Å². The number of hydrogen-bond acceptors (Lipinski definition) is 5. The summed E-state index contributed by atoms with van der Waals surface area (Å²) < 4.78 is 2.00. The van der Waals surface area contributed by atoms with Crippen molar-refractivity contribution < 1.29 is 5.11 Å². The number of nitrogens with zero attached hydrogens (tertiary/aromatic N) is 5. The molecule has 1 aromatic carbocycles. The molecule has 1 aliphatic heterocycles. The minimum atomic E-state index is 0.308. The SMILES string of the molecule is CCc1cc(N2CCN(c3ccc(O)cc3)CC2)n2nc(C)c(C)c2n1. The van der Waals surface area contributed by atoms with Crippen molar-refractivity contribution in [3.63, 3.8) is 0 Å². The Balaban J connectivity index is 1.61. The number of aromatic hydroxyl groups is 1. The third-order valence-electron chi connectivity index (χ3n) is 5.27. The summed E-state index contributed by atoms with van der Waals surface area (Å²) >= 11 is 0. The first-order valence-electron chi connectivity index (χ1n) is 9.21. The number of phenols is 1. The molecule has 1 aliphatic rings. The molecule has 0 amide bonds. The Morgan fingerprint density at radius 3 is 2.31 bits per heavy atom. The van der Waals surface area contributed by atoms with Crippen molar-refractivity contribution in [3.8, 4) is 5.75 Å². The molecule has 3 aromatic rings. The maximum Gasteiger partial charge on any atom is 0.160 e. The maximum absolute atomic E-state index is 9.48. The van der Waals surface area contributed by atoms with Gasteiger partial charge in [0.05, 0.1) is 5.69 Å². The highest BCUT2D eigenvalue weighted by Crippen LogP contribution is 2.25. The van der Waals surface area contributed by atoms with E-state index >= 15 is 0 Å². The van der Waals surface area contributed by atoms with Crippen LogP contribution in [0.1, 0.15) is 23.9 Å². The summed E-state index contributed by atoms with van der Waals surface area (Å²) in [5, 5.41) is 14.2. The second kappa shape index (κ2) is 6.52. The third kappa shape index (κ3) is 2.85. The average Bonchev–Trinajstić information content (AvgIpc) is 2.96. The Morgan fingerprint density at radius 1 is 1.00 bits per heavy atom. The summed E-state index contributed by atoms with van der Waals surface area (Å²) in [6, 6.07) is 9.62. The summed E-state index contributed by atoms with van der Waals surface area (Å²) in [5.41, 5.74) is 5.43. The van der Waals surface area contributed by atoms with Crippen molar-refractivity contribution in [2.45, 2.75) is 27.2 Å². The summed E-state index contributed by atoms with van der Waals surface area (Å²) in [4.78, 5) is 9.54. The van der Waals surface area contributed by atoms with Gasteiger partial charge >= 0.3 is 0 Å². The van der Waals surface area contributed by atoms with E-state index < -0.39 is 0 Å². The monoisotopic (exact) mass is 351 g/mol. The molecule has 6 heteroatoms. The molecule has 2 aromatic heterocycles. The largest absolute Gasteiger partial charge is 0.508 e. The van der Waals surface area contributed by atoms with Gasteiger partial charge in [-0.2, -0.15) is 9.61 Å². The van der Waals surface area contributed by atoms with E-state index in [2.05, 4.69) is 29.7 Å². The van der Waals surface area contributed by atoms with E-state index in [4.69, 9.17) is 10.1 Å². The van der Waals surface area contributed by atoms with Crippen molar-refractivity contribution in [1.29, 1.82) is 0 Å². The third-order valence-corrected chi connectivity index (χ3v) is 5.27. The predicted molar refractivity (Wildman–Crippen MR) is 104 cm³/mol. The lowest BCUT2D eigenvalue weighted by molar-refractivity contribution is 0.475. The van der Waals surface area contributed by atoms with Crippen LogP contribution >= 0.6 is 0 Å². The number of aryl methyl sites for hydroxylation is 3. The molecule has 136 valence electrons. The molecule has 1 fully saturated rings. The number of benzene rings is 1. The van der Waals surface area contributed by atoms with Crippen LogP contribution in [0.15, 0.2) is 30.3 Å². The van der Waals surface area contributed by atoms with Crippen LogP contribution in [0.5, 0.6) is 5.75 Å². The quantitative estimate of drug-likeness (QED) is 0.786. The second-order valence-electron chi connectivity index (χ2n) is 6.90. The normalized spacial score (nSPS) is 15.0. The first-order valence-corrected chi connectivity index (χ1v) is 9.21. The zero-order chi connectivity index (χ0) is 18.3. The first-order chi connectivity index (χ1) is 12.6. The Kier molecular flexibility index (Phi) is 4.18. The molecule has 0 saturated carbocycles. The number of fused-ring (bicyclic) bond motifs is 1. The van der Waals surface area contributed by atoms with Crippen LogP contribution in [-0.4, -0.2) is 45.9 Å². The van der Waals surface area contributed by atoms with E-state index in [1.807, 2.05) is 23.6 Å². The second-order valence-corrected chi connectivity index (χ2v) is 6.90. The van der Waals surface area contributed by atoms with Crippen LogP contribution in [0, 0.1) is 13.8 Å². The Morgan fingerprint density at radius 2 is 1.65 bits per heavy atom. The standard InChI is InChI=1S/C20H25N5O/c1-4-16-13-19(25-20(21-16)14(2)15(3)22-25)24-11-9-23(10-12-24)17-5-7-18(26)8-6-17/h5-8,13,26H,4,9-12H2,1-3H3. The zero-order valence-electron chi connectivity index (χ0n) is 15.6. The van der Waals surface area contributed by atoms with Gasteiger partial charge in [0.1, 0.15) is 11.6 Å². The van der Waals surface area contributed by atoms with E-state index in [1.54, 1.807) is 12.1 Å². The van der Waals surface area contributed by atoms with Crippen LogP contribution in [0.4, 0.5) is 11.5 Å². The molecule has 0 bridgehead atoms. The fraction of sp³-hybridized carbons (Fsp3) is 0.400. The minimum absolute atomic E-state index is 0.308. The number of hydrogen-bond donors (Lipinski definition) is 1. The molecule has 1 saturated heterocycles. The average molecular weight is 351 g/mol. The van der Waals surface area contributed by atoms with Crippen molar-refractivity contribution in [2.75, 3.05) is 36.0 Å². The van der Waals surface area contributed by atoms with Crippen molar-refractivity contribution in [3.05, 3.63) is 47.3 Å². The van der Waals surface area contributed by atoms with Gasteiger partial charge < -0.3 is 14.9 Å². The topological polar surface area (TPSA) is 56.9 Å². The lowest BCUT2D eigenvalue weighted by Gasteiger charge is -2.37. The maximum atomic E-state index is 9.48. The lowest BCUT2D eigenvalue weighted by Crippen LogP contribution is -2.47. The number of phenolic OH excluding ortho intramolecular Hbond substituents is 1. The molecule has 0 radical (unpaired) electrons. The van der Waals surface area contributed by atoms with Gasteiger partial charge in [0.2, 0.25) is 0 Å². The molecule has 0 aliphatic carbocycles. The van der Waals surface area contributed by atoms with E-state index in [0.717, 1.165) is 66.7 Å². The summed E-state index contributed by atoms with van der Waals surface area (Å²) in [7, 11) is 0. The van der Waals surface area contributed by atoms with Crippen molar-refractivity contribution >= 4 is 17.2 Å². The van der Waals surface area contributed by atoms with Gasteiger partial charge in [-0.15, -0.1) is 0 Å². The minimum Gasteiger partial charge on any atom is -0.508 e. The molecule has 4 rings (SSSR count). The zero-order valence-corrected chi connectivity index (χ0v) is 15.6. The summed E-state index contributed by atoms with van der Waals surface area (Å²) in [5.74, 6) is 1.44. The number of piperazine rings is 1. The molecule has 1 N–H and O–H groups in total. The lowest BCUT2D eigenvalue weighted by atomic mass is 10.2. The van der Waals surface area contributed by atoms with Crippen LogP contribution in [0.2, 0.25) is 0 Å². The highest BCUT2D eigenvalue weighted by Gasteiger charge is 2.21. The molecule has 0 atom stereocenters. The fourth-order valence-corrected chi connectivity index (χ4v) is 3.53. The molecule has 0 unspecified atom stereocenters. The Bertz CT molecular complexity index is 924. The Hall–Kier alpha value is -2.76. The molecule has 6 nitrogen and oxygen atoms in total. The molecular formula is C20H25N5O. The van der Waals surface area contributed by atoms with E-state index in [9.17, 15) is 5.11 Å². The first kappa shape index (κ1) is 16.7. The van der Waals surface area contributed by atoms with E-state index in [1.165, 1.54) is 0 Å². The molecule has 0 spiro atoms. The predicted octanol–water partition coefficient (Wildman–Crippen LogP) is 2.94. The van der Waals surface area contributed by atoms with Gasteiger partial charge in [-0.3, -0.25) is 0 Å². The van der Waals surface area contributed by atoms with Gasteiger partial charge in [-0.25, -0.2) is 4.98 Å². The van der Waals surface area contributed by atoms with Crippen LogP contribution in [0.25, 0.3) is 5.65 Å². The fourth-order valence-electron chi connectivity index (χ4n) is 3.53. The smallest absolute Gasteiger partial charge is 0.160 e. The van der Waals surface area contributed by atoms with Crippen molar-refractivity contribution in [1.82, 2.24) is 14.6 Å². The van der Waals surface area contributed by atoms with E-state index in [0.29, 0.717) is 5.75 Å². The molecule has 3 heterocycles. The van der Waals surface area contributed by atoms with Crippen molar-refractivity contribution in [2.24, 2.45) is 0 Å². The van der Waals surface area contributed by atoms with Gasteiger partial charge in [-0.05, 0) is 44.5 Å². The van der Waals surface area contributed by atoms with Crippen LogP contribution in [0.3, 0.4) is 0 Å². The van der Waals surface area contributed by atoms with Gasteiger partial charge in [0, 0.05) is 49.2 Å². The number of anilines is 2. The summed E-state index contributed by atoms with van der Waals surface area (Å²) in [6.07, 6.45) is 0.917. The molecule has 26 heavy (non-hydrogen) atoms. The van der Waals surface area contributed by atoms with Gasteiger partial charge in [0.15, 0.2) is 5.65 Å². The molecular weight excluding hydrogens is 326 g/mol. The summed E-state index contributed by atoms with van der Waals surface area (Å²) in [6.45, 7) is 10.0. The number of aromatic nitrogens is 3. The van der Waals surface area contributed by atoms with E-state index in [-0.39, 0.29) is 0 Å². The van der Waals surface area contributed by atoms with Crippen LogP contribution < -0.4 is 9.80 Å². The van der Waals surface area contributed by atoms with Gasteiger partial charge in [0.25, 0.3) is 0 Å². The number of rotatable bonds is 3.